The van der Waals surface area contributed by atoms with E-state index in [2.05, 4.69) is 10.3 Å². The van der Waals surface area contributed by atoms with Crippen LogP contribution in [0.3, 0.4) is 0 Å². The number of benzene rings is 2. The minimum atomic E-state index is -0.0653. The molecule has 0 aliphatic rings. The van der Waals surface area contributed by atoms with E-state index in [1.54, 1.807) is 13.0 Å². The molecule has 124 valence electrons. The Labute approximate surface area is 144 Å². The number of oxazole rings is 1. The Kier molecular flexibility index (Phi) is 5.05. The van der Waals surface area contributed by atoms with E-state index in [9.17, 15) is 4.79 Å². The Balaban J connectivity index is 1.56. The van der Waals surface area contributed by atoms with Crippen LogP contribution in [0.2, 0.25) is 0 Å². The average molecular weight is 342 g/mol. The van der Waals surface area contributed by atoms with Crippen LogP contribution in [0.15, 0.2) is 51.8 Å². The molecule has 1 amide bonds. The van der Waals surface area contributed by atoms with Gasteiger partial charge in [-0.25, -0.2) is 4.98 Å². The van der Waals surface area contributed by atoms with Gasteiger partial charge in [0.15, 0.2) is 11.5 Å². The fourth-order valence-corrected chi connectivity index (χ4v) is 2.96. The van der Waals surface area contributed by atoms with Crippen molar-refractivity contribution in [1.29, 1.82) is 0 Å². The summed E-state index contributed by atoms with van der Waals surface area (Å²) in [5.74, 6) is 1.72. The minimum absolute atomic E-state index is 0.0653. The zero-order valence-corrected chi connectivity index (χ0v) is 14.4. The summed E-state index contributed by atoms with van der Waals surface area (Å²) in [7, 11) is 0. The standard InChI is InChI=1S/C18H18N2O3S/c1-3-22-14-5-7-15(8-6-14)24-11-18(21)20-13-4-9-16-17(10-13)23-12(2)19-16/h4-10H,3,11H2,1-2H3,(H,20,21). The highest BCUT2D eigenvalue weighted by molar-refractivity contribution is 8.00. The first-order chi connectivity index (χ1) is 11.6. The molecule has 1 N–H and O–H groups in total. The van der Waals surface area contributed by atoms with Crippen LogP contribution >= 0.6 is 11.8 Å². The lowest BCUT2D eigenvalue weighted by Crippen LogP contribution is -2.13. The summed E-state index contributed by atoms with van der Waals surface area (Å²) in [5.41, 5.74) is 2.16. The number of nitrogens with one attached hydrogen (secondary N) is 1. The Morgan fingerprint density at radius 1 is 1.25 bits per heavy atom. The van der Waals surface area contributed by atoms with Crippen LogP contribution in [0, 0.1) is 6.92 Å². The molecule has 2 aromatic carbocycles. The van der Waals surface area contributed by atoms with E-state index >= 15 is 0 Å². The Morgan fingerprint density at radius 3 is 2.79 bits per heavy atom. The van der Waals surface area contributed by atoms with Crippen molar-refractivity contribution in [2.75, 3.05) is 17.7 Å². The number of carbonyl (C=O) groups is 1. The minimum Gasteiger partial charge on any atom is -0.494 e. The molecular weight excluding hydrogens is 324 g/mol. The number of rotatable bonds is 6. The van der Waals surface area contributed by atoms with E-state index in [1.165, 1.54) is 11.8 Å². The maximum Gasteiger partial charge on any atom is 0.234 e. The van der Waals surface area contributed by atoms with Crippen LogP contribution in [-0.4, -0.2) is 23.3 Å². The first kappa shape index (κ1) is 16.4. The van der Waals surface area contributed by atoms with Crippen LogP contribution < -0.4 is 10.1 Å². The van der Waals surface area contributed by atoms with Gasteiger partial charge in [0.2, 0.25) is 5.91 Å². The molecule has 1 heterocycles. The smallest absolute Gasteiger partial charge is 0.234 e. The number of ether oxygens (including phenoxy) is 1. The molecule has 0 unspecified atom stereocenters. The normalized spacial score (nSPS) is 10.8. The van der Waals surface area contributed by atoms with Gasteiger partial charge < -0.3 is 14.5 Å². The van der Waals surface area contributed by atoms with Gasteiger partial charge >= 0.3 is 0 Å². The van der Waals surface area contributed by atoms with E-state index in [0.29, 0.717) is 29.5 Å². The van der Waals surface area contributed by atoms with E-state index < -0.39 is 0 Å². The van der Waals surface area contributed by atoms with Gasteiger partial charge in [0.1, 0.15) is 11.3 Å². The van der Waals surface area contributed by atoms with Crippen LogP contribution in [0.5, 0.6) is 5.75 Å². The summed E-state index contributed by atoms with van der Waals surface area (Å²) in [6, 6.07) is 13.2. The molecule has 0 atom stereocenters. The number of aromatic nitrogens is 1. The van der Waals surface area contributed by atoms with Gasteiger partial charge in [-0.15, -0.1) is 11.8 Å². The van der Waals surface area contributed by atoms with Crippen molar-refractivity contribution in [2.24, 2.45) is 0 Å². The highest BCUT2D eigenvalue weighted by atomic mass is 32.2. The number of thioether (sulfide) groups is 1. The summed E-state index contributed by atoms with van der Waals surface area (Å²) in [6.45, 7) is 4.39. The van der Waals surface area contributed by atoms with Gasteiger partial charge in [0.05, 0.1) is 12.4 Å². The largest absolute Gasteiger partial charge is 0.494 e. The van der Waals surface area contributed by atoms with Gasteiger partial charge in [-0.2, -0.15) is 0 Å². The SMILES string of the molecule is CCOc1ccc(SCC(=O)Nc2ccc3nc(C)oc3c2)cc1. The molecule has 3 aromatic rings. The number of aryl methyl sites for hydroxylation is 1. The molecular formula is C18H18N2O3S. The molecule has 0 fully saturated rings. The number of anilines is 1. The highest BCUT2D eigenvalue weighted by Gasteiger charge is 2.07. The lowest BCUT2D eigenvalue weighted by Gasteiger charge is -2.06. The third-order valence-corrected chi connectivity index (χ3v) is 4.30. The molecule has 0 spiro atoms. The van der Waals surface area contributed by atoms with Crippen molar-refractivity contribution in [3.63, 3.8) is 0 Å². The summed E-state index contributed by atoms with van der Waals surface area (Å²) >= 11 is 1.48. The van der Waals surface area contributed by atoms with Gasteiger partial charge in [-0.3, -0.25) is 4.79 Å². The average Bonchev–Trinajstić information content (AvgIpc) is 2.94. The highest BCUT2D eigenvalue weighted by Crippen LogP contribution is 2.23. The first-order valence-corrected chi connectivity index (χ1v) is 8.65. The molecule has 1 aromatic heterocycles. The zero-order chi connectivity index (χ0) is 16.9. The zero-order valence-electron chi connectivity index (χ0n) is 13.5. The second-order valence-electron chi connectivity index (χ2n) is 5.16. The number of hydrogen-bond donors (Lipinski definition) is 1. The lowest BCUT2D eigenvalue weighted by molar-refractivity contribution is -0.113. The second kappa shape index (κ2) is 7.40. The predicted molar refractivity (Wildman–Crippen MR) is 95.7 cm³/mol. The van der Waals surface area contributed by atoms with Crippen LogP contribution in [-0.2, 0) is 4.79 Å². The Bertz CT molecular complexity index is 843. The van der Waals surface area contributed by atoms with Crippen molar-refractivity contribution >= 4 is 34.5 Å². The van der Waals surface area contributed by atoms with Gasteiger partial charge in [0.25, 0.3) is 0 Å². The van der Waals surface area contributed by atoms with Crippen molar-refractivity contribution in [2.45, 2.75) is 18.7 Å². The Hall–Kier alpha value is -2.47. The van der Waals surface area contributed by atoms with Crippen molar-refractivity contribution < 1.29 is 13.9 Å². The molecule has 0 aliphatic heterocycles. The maximum absolute atomic E-state index is 12.1. The molecule has 24 heavy (non-hydrogen) atoms. The number of fused-ring (bicyclic) bond motifs is 1. The molecule has 0 bridgehead atoms. The van der Waals surface area contributed by atoms with Gasteiger partial charge in [-0.05, 0) is 43.3 Å². The van der Waals surface area contributed by atoms with Gasteiger partial charge in [-0.1, -0.05) is 0 Å². The first-order valence-electron chi connectivity index (χ1n) is 7.67. The molecule has 3 rings (SSSR count). The molecule has 0 aliphatic carbocycles. The molecule has 0 saturated carbocycles. The maximum atomic E-state index is 12.1. The molecule has 0 radical (unpaired) electrons. The molecule has 0 saturated heterocycles. The number of amides is 1. The van der Waals surface area contributed by atoms with E-state index in [-0.39, 0.29) is 5.91 Å². The summed E-state index contributed by atoms with van der Waals surface area (Å²) in [6.07, 6.45) is 0. The fourth-order valence-electron chi connectivity index (χ4n) is 2.26. The van der Waals surface area contributed by atoms with Crippen LogP contribution in [0.4, 0.5) is 5.69 Å². The number of carbonyl (C=O) groups excluding carboxylic acids is 1. The number of nitrogens with zero attached hydrogens (tertiary/aromatic N) is 1. The topological polar surface area (TPSA) is 64.4 Å². The molecule has 6 heteroatoms. The summed E-state index contributed by atoms with van der Waals surface area (Å²) < 4.78 is 10.9. The van der Waals surface area contributed by atoms with Crippen LogP contribution in [0.1, 0.15) is 12.8 Å². The van der Waals surface area contributed by atoms with E-state index in [4.69, 9.17) is 9.15 Å². The third-order valence-electron chi connectivity index (χ3n) is 3.28. The summed E-state index contributed by atoms with van der Waals surface area (Å²) in [4.78, 5) is 17.4. The van der Waals surface area contributed by atoms with Crippen molar-refractivity contribution in [1.82, 2.24) is 4.98 Å². The van der Waals surface area contributed by atoms with Crippen molar-refractivity contribution in [3.8, 4) is 5.75 Å². The predicted octanol–water partition coefficient (Wildman–Crippen LogP) is 4.27. The number of hydrogen-bond acceptors (Lipinski definition) is 5. The summed E-state index contributed by atoms with van der Waals surface area (Å²) in [5, 5.41) is 2.87. The quantitative estimate of drug-likeness (QED) is 0.678. The van der Waals surface area contributed by atoms with Crippen molar-refractivity contribution in [3.05, 3.63) is 48.4 Å². The van der Waals surface area contributed by atoms with Gasteiger partial charge in [0, 0.05) is 23.6 Å². The molecule has 5 nitrogen and oxygen atoms in total. The lowest BCUT2D eigenvalue weighted by atomic mass is 10.3. The van der Waals surface area contributed by atoms with E-state index in [0.717, 1.165) is 16.2 Å². The third kappa shape index (κ3) is 4.08. The Morgan fingerprint density at radius 2 is 2.04 bits per heavy atom. The van der Waals surface area contributed by atoms with Crippen LogP contribution in [0.25, 0.3) is 11.1 Å². The van der Waals surface area contributed by atoms with E-state index in [1.807, 2.05) is 43.3 Å². The second-order valence-corrected chi connectivity index (χ2v) is 6.21. The fraction of sp³-hybridized carbons (Fsp3) is 0.222. The monoisotopic (exact) mass is 342 g/mol.